The monoisotopic (exact) mass is 144 g/mol. The van der Waals surface area contributed by atoms with E-state index in [9.17, 15) is 4.79 Å². The van der Waals surface area contributed by atoms with Crippen LogP contribution in [0.4, 0.5) is 4.79 Å². The average molecular weight is 144 g/mol. The minimum Gasteiger partial charge on any atom is -0.464 e. The van der Waals surface area contributed by atoms with Crippen LogP contribution in [0, 0.1) is 5.92 Å². The van der Waals surface area contributed by atoms with Crippen LogP contribution < -0.4 is 5.43 Å². The fourth-order valence-corrected chi connectivity index (χ4v) is 1.17. The quantitative estimate of drug-likeness (QED) is 0.563. The highest BCUT2D eigenvalue weighted by Gasteiger charge is 2.19. The molecule has 58 valence electrons. The van der Waals surface area contributed by atoms with Gasteiger partial charge in [-0.3, -0.25) is 5.43 Å². The summed E-state index contributed by atoms with van der Waals surface area (Å²) in [5.74, 6) is 0.617. The van der Waals surface area contributed by atoms with E-state index in [0.29, 0.717) is 5.92 Å². The second-order valence-corrected chi connectivity index (χ2v) is 2.76. The van der Waals surface area contributed by atoms with Gasteiger partial charge in [0.05, 0.1) is 0 Å². The SMILES string of the molecule is CC1CCN(NC(=O)O)C1. The van der Waals surface area contributed by atoms with E-state index in [1.165, 1.54) is 0 Å². The Balaban J connectivity index is 2.24. The lowest BCUT2D eigenvalue weighted by Crippen LogP contribution is -2.39. The molecule has 4 heteroatoms. The van der Waals surface area contributed by atoms with E-state index in [1.54, 1.807) is 5.01 Å². The number of nitrogens with zero attached hydrogens (tertiary/aromatic N) is 1. The summed E-state index contributed by atoms with van der Waals surface area (Å²) in [5, 5.41) is 10.0. The summed E-state index contributed by atoms with van der Waals surface area (Å²) in [7, 11) is 0. The van der Waals surface area contributed by atoms with E-state index in [-0.39, 0.29) is 0 Å². The number of carboxylic acid groups (broad SMARTS) is 1. The van der Waals surface area contributed by atoms with Crippen molar-refractivity contribution in [2.24, 2.45) is 5.92 Å². The Labute approximate surface area is 59.8 Å². The van der Waals surface area contributed by atoms with Gasteiger partial charge in [0.1, 0.15) is 0 Å². The fourth-order valence-electron chi connectivity index (χ4n) is 1.17. The van der Waals surface area contributed by atoms with Gasteiger partial charge in [-0.05, 0) is 12.3 Å². The molecule has 1 heterocycles. The predicted octanol–water partition coefficient (Wildman–Crippen LogP) is 0.511. The van der Waals surface area contributed by atoms with Gasteiger partial charge in [-0.15, -0.1) is 0 Å². The van der Waals surface area contributed by atoms with Gasteiger partial charge in [0.15, 0.2) is 0 Å². The number of carbonyl (C=O) groups is 1. The van der Waals surface area contributed by atoms with Gasteiger partial charge in [-0.1, -0.05) is 6.92 Å². The molecule has 1 unspecified atom stereocenters. The predicted molar refractivity (Wildman–Crippen MR) is 36.5 cm³/mol. The van der Waals surface area contributed by atoms with Gasteiger partial charge >= 0.3 is 6.09 Å². The number of hydrogen-bond acceptors (Lipinski definition) is 2. The molecule has 1 amide bonds. The third-order valence-corrected chi connectivity index (χ3v) is 1.68. The van der Waals surface area contributed by atoms with E-state index in [2.05, 4.69) is 12.3 Å². The van der Waals surface area contributed by atoms with E-state index in [1.807, 2.05) is 0 Å². The van der Waals surface area contributed by atoms with Gasteiger partial charge in [-0.2, -0.15) is 0 Å². The first-order valence-electron chi connectivity index (χ1n) is 3.43. The zero-order valence-corrected chi connectivity index (χ0v) is 6.00. The molecule has 1 saturated heterocycles. The Kier molecular flexibility index (Phi) is 2.11. The smallest absolute Gasteiger partial charge is 0.419 e. The van der Waals surface area contributed by atoms with Crippen molar-refractivity contribution in [3.8, 4) is 0 Å². The van der Waals surface area contributed by atoms with Crippen LogP contribution in [0.15, 0.2) is 0 Å². The number of rotatable bonds is 1. The van der Waals surface area contributed by atoms with E-state index >= 15 is 0 Å². The van der Waals surface area contributed by atoms with Crippen LogP contribution in [0.3, 0.4) is 0 Å². The van der Waals surface area contributed by atoms with Crippen molar-refractivity contribution < 1.29 is 9.90 Å². The molecule has 1 atom stereocenters. The van der Waals surface area contributed by atoms with E-state index in [0.717, 1.165) is 19.5 Å². The highest BCUT2D eigenvalue weighted by Crippen LogP contribution is 2.11. The maximum Gasteiger partial charge on any atom is 0.419 e. The van der Waals surface area contributed by atoms with Crippen molar-refractivity contribution >= 4 is 6.09 Å². The van der Waals surface area contributed by atoms with Gasteiger partial charge in [0.25, 0.3) is 0 Å². The molecule has 0 bridgehead atoms. The molecule has 10 heavy (non-hydrogen) atoms. The molecule has 0 spiro atoms. The summed E-state index contributed by atoms with van der Waals surface area (Å²) in [4.78, 5) is 10.1. The lowest BCUT2D eigenvalue weighted by atomic mass is 10.2. The minimum absolute atomic E-state index is 0.617. The Bertz CT molecular complexity index is 138. The molecule has 2 N–H and O–H groups in total. The maximum absolute atomic E-state index is 10.1. The van der Waals surface area contributed by atoms with Crippen molar-refractivity contribution in [2.45, 2.75) is 13.3 Å². The van der Waals surface area contributed by atoms with Crippen LogP contribution in [0.2, 0.25) is 0 Å². The topological polar surface area (TPSA) is 52.6 Å². The summed E-state index contributed by atoms with van der Waals surface area (Å²) < 4.78 is 0. The molecule has 0 radical (unpaired) electrons. The van der Waals surface area contributed by atoms with E-state index < -0.39 is 6.09 Å². The Morgan fingerprint density at radius 1 is 1.80 bits per heavy atom. The second kappa shape index (κ2) is 2.88. The highest BCUT2D eigenvalue weighted by atomic mass is 16.4. The number of nitrogens with one attached hydrogen (secondary N) is 1. The van der Waals surface area contributed by atoms with Crippen LogP contribution >= 0.6 is 0 Å². The zero-order chi connectivity index (χ0) is 7.56. The summed E-state index contributed by atoms with van der Waals surface area (Å²) in [6, 6.07) is 0. The van der Waals surface area contributed by atoms with Crippen molar-refractivity contribution in [2.75, 3.05) is 13.1 Å². The summed E-state index contributed by atoms with van der Waals surface area (Å²) >= 11 is 0. The first kappa shape index (κ1) is 7.34. The van der Waals surface area contributed by atoms with Crippen molar-refractivity contribution in [1.29, 1.82) is 0 Å². The second-order valence-electron chi connectivity index (χ2n) is 2.76. The molecule has 1 aliphatic heterocycles. The largest absolute Gasteiger partial charge is 0.464 e. The van der Waals surface area contributed by atoms with Gasteiger partial charge in [0.2, 0.25) is 0 Å². The highest BCUT2D eigenvalue weighted by molar-refractivity contribution is 5.63. The molecule has 1 fully saturated rings. The molecular formula is C6H12N2O2. The molecule has 4 nitrogen and oxygen atoms in total. The lowest BCUT2D eigenvalue weighted by molar-refractivity contribution is 0.152. The standard InChI is InChI=1S/C6H12N2O2/c1-5-2-3-8(4-5)7-6(9)10/h5,7H,2-4H2,1H3,(H,9,10). The normalized spacial score (nSPS) is 26.7. The molecular weight excluding hydrogens is 132 g/mol. The van der Waals surface area contributed by atoms with Gasteiger partial charge in [-0.25, -0.2) is 9.80 Å². The summed E-state index contributed by atoms with van der Waals surface area (Å²) in [6.07, 6.45) is 0.120. The molecule has 0 aliphatic carbocycles. The lowest BCUT2D eigenvalue weighted by Gasteiger charge is -2.13. The molecule has 0 aromatic heterocycles. The van der Waals surface area contributed by atoms with Crippen molar-refractivity contribution in [3.05, 3.63) is 0 Å². The van der Waals surface area contributed by atoms with Crippen molar-refractivity contribution in [3.63, 3.8) is 0 Å². The Hall–Kier alpha value is -0.770. The van der Waals surface area contributed by atoms with Gasteiger partial charge in [0, 0.05) is 13.1 Å². The van der Waals surface area contributed by atoms with Crippen LogP contribution in [0.5, 0.6) is 0 Å². The minimum atomic E-state index is -0.964. The maximum atomic E-state index is 10.1. The fraction of sp³-hybridized carbons (Fsp3) is 0.833. The van der Waals surface area contributed by atoms with Crippen LogP contribution in [-0.2, 0) is 0 Å². The molecule has 1 aliphatic rings. The Morgan fingerprint density at radius 2 is 2.50 bits per heavy atom. The molecule has 1 rings (SSSR count). The first-order chi connectivity index (χ1) is 4.68. The number of hydrazine groups is 1. The third kappa shape index (κ3) is 1.88. The molecule has 0 aromatic carbocycles. The van der Waals surface area contributed by atoms with Crippen LogP contribution in [0.25, 0.3) is 0 Å². The third-order valence-electron chi connectivity index (χ3n) is 1.68. The average Bonchev–Trinajstić information content (AvgIpc) is 2.13. The zero-order valence-electron chi connectivity index (χ0n) is 6.00. The van der Waals surface area contributed by atoms with Gasteiger partial charge < -0.3 is 5.11 Å². The first-order valence-corrected chi connectivity index (χ1v) is 3.43. The van der Waals surface area contributed by atoms with Crippen LogP contribution in [0.1, 0.15) is 13.3 Å². The summed E-state index contributed by atoms with van der Waals surface area (Å²) in [6.45, 7) is 3.79. The summed E-state index contributed by atoms with van der Waals surface area (Å²) in [5.41, 5.74) is 2.32. The number of hydrogen-bond donors (Lipinski definition) is 2. The Morgan fingerprint density at radius 3 is 2.90 bits per heavy atom. The number of amides is 1. The van der Waals surface area contributed by atoms with Crippen molar-refractivity contribution in [1.82, 2.24) is 10.4 Å². The van der Waals surface area contributed by atoms with E-state index in [4.69, 9.17) is 5.11 Å². The molecule has 0 aromatic rings. The van der Waals surface area contributed by atoms with Crippen LogP contribution in [-0.4, -0.2) is 29.3 Å². The molecule has 0 saturated carbocycles.